The summed E-state index contributed by atoms with van der Waals surface area (Å²) >= 11 is 0. The van der Waals surface area contributed by atoms with Crippen LogP contribution in [0.3, 0.4) is 0 Å². The first kappa shape index (κ1) is 13.5. The highest BCUT2D eigenvalue weighted by molar-refractivity contribution is 6.35. The normalized spacial score (nSPS) is 12.3. The predicted octanol–water partition coefficient (Wildman–Crippen LogP) is 2.35. The molecule has 0 aliphatic carbocycles. The summed E-state index contributed by atoms with van der Waals surface area (Å²) in [5.41, 5.74) is 1.79. The molecule has 6 rings (SSSR count). The zero-order valence-corrected chi connectivity index (χ0v) is 13.4. The molecule has 6 aromatic rings. The number of nitrogens with zero attached hydrogens (tertiary/aromatic N) is 3. The first-order valence-corrected chi connectivity index (χ1v) is 8.16. The molecule has 0 radical (unpaired) electrons. The molecule has 0 unspecified atom stereocenters. The van der Waals surface area contributed by atoms with Crippen molar-refractivity contribution < 1.29 is 0 Å². The molecule has 26 heavy (non-hydrogen) atoms. The van der Waals surface area contributed by atoms with Crippen molar-refractivity contribution in [3.8, 4) is 0 Å². The molecule has 0 aliphatic rings. The van der Waals surface area contributed by atoms with E-state index >= 15 is 0 Å². The topological polar surface area (TPSA) is 90.9 Å². The zero-order chi connectivity index (χ0) is 17.6. The van der Waals surface area contributed by atoms with E-state index in [9.17, 15) is 9.59 Å². The van der Waals surface area contributed by atoms with E-state index in [0.717, 1.165) is 21.8 Å². The van der Waals surface area contributed by atoms with Crippen molar-refractivity contribution in [3.05, 3.63) is 69.2 Å². The van der Waals surface area contributed by atoms with Gasteiger partial charge in [0.2, 0.25) is 0 Å². The van der Waals surface area contributed by atoms with Crippen LogP contribution in [0, 0.1) is 0 Å². The highest BCUT2D eigenvalue weighted by atomic mass is 16.2. The van der Waals surface area contributed by atoms with Crippen molar-refractivity contribution in [1.29, 1.82) is 0 Å². The van der Waals surface area contributed by atoms with Gasteiger partial charge < -0.3 is 5.84 Å². The van der Waals surface area contributed by atoms with Crippen molar-refractivity contribution in [2.75, 3.05) is 5.84 Å². The molecule has 0 fully saturated rings. The highest BCUT2D eigenvalue weighted by Crippen LogP contribution is 2.39. The van der Waals surface area contributed by atoms with E-state index in [1.807, 2.05) is 48.5 Å². The standard InChI is InChI=1S/C20H10N4O2/c21-24-19(25)15-13-9-5-1-3-7-11(9)22-17(13)18-14(16(15)20(24)26)10-6-2-4-8-12(10)23-18/h1-8H,21H2. The third-order valence-corrected chi connectivity index (χ3v) is 5.12. The maximum absolute atomic E-state index is 12.8. The van der Waals surface area contributed by atoms with Gasteiger partial charge in [-0.2, -0.15) is 4.68 Å². The Labute approximate surface area is 144 Å². The fourth-order valence-electron chi connectivity index (χ4n) is 4.03. The summed E-state index contributed by atoms with van der Waals surface area (Å²) in [7, 11) is 0. The maximum atomic E-state index is 12.8. The Morgan fingerprint density at radius 2 is 1.08 bits per heavy atom. The Balaban J connectivity index is 2.15. The Kier molecular flexibility index (Phi) is 2.20. The van der Waals surface area contributed by atoms with E-state index in [2.05, 4.69) is 0 Å². The molecule has 0 saturated heterocycles. The lowest BCUT2D eigenvalue weighted by Crippen LogP contribution is -2.32. The number of hydrogen-bond acceptors (Lipinski definition) is 5. The smallest absolute Gasteiger partial charge is 0.280 e. The SMILES string of the molecule is Nn1c(=O)c2c(c1=O)c1c3ccccc3nc1c1nc3ccccc3c12. The van der Waals surface area contributed by atoms with Gasteiger partial charge in [0.15, 0.2) is 0 Å². The quantitative estimate of drug-likeness (QED) is 0.429. The van der Waals surface area contributed by atoms with E-state index in [-0.39, 0.29) is 0 Å². The fraction of sp³-hybridized carbons (Fsp3) is 0. The first-order valence-electron chi connectivity index (χ1n) is 8.16. The number of nitrogen functional groups attached to an aromatic ring is 1. The molecule has 0 aliphatic heterocycles. The van der Waals surface area contributed by atoms with Crippen molar-refractivity contribution in [3.63, 3.8) is 0 Å². The Hall–Kier alpha value is -3.80. The van der Waals surface area contributed by atoms with Crippen LogP contribution in [-0.2, 0) is 0 Å². The lowest BCUT2D eigenvalue weighted by molar-refractivity contribution is 0.936. The third kappa shape index (κ3) is 1.35. The second-order valence-corrected chi connectivity index (χ2v) is 6.44. The minimum Gasteiger partial charge on any atom is -0.333 e. The molecule has 3 heterocycles. The summed E-state index contributed by atoms with van der Waals surface area (Å²) in [5.74, 6) is 5.77. The third-order valence-electron chi connectivity index (χ3n) is 5.12. The van der Waals surface area contributed by atoms with Gasteiger partial charge in [0.1, 0.15) is 0 Å². The molecular formula is C20H10N4O2. The number of hydrogen-bond donors (Lipinski definition) is 1. The molecule has 122 valence electrons. The predicted molar refractivity (Wildman–Crippen MR) is 103 cm³/mol. The number of rotatable bonds is 0. The second-order valence-electron chi connectivity index (χ2n) is 6.44. The second kappa shape index (κ2) is 4.23. The van der Waals surface area contributed by atoms with Gasteiger partial charge in [-0.3, -0.25) is 9.59 Å². The molecule has 0 amide bonds. The average Bonchev–Trinajstić information content (AvgIpc) is 3.29. The largest absolute Gasteiger partial charge is 0.333 e. The van der Waals surface area contributed by atoms with Gasteiger partial charge in [0.05, 0.1) is 32.8 Å². The van der Waals surface area contributed by atoms with Crippen molar-refractivity contribution in [2.24, 2.45) is 0 Å². The first-order chi connectivity index (χ1) is 12.7. The molecule has 3 aromatic heterocycles. The number of nitrogens with two attached hydrogens (primary N) is 1. The van der Waals surface area contributed by atoms with E-state index in [1.165, 1.54) is 0 Å². The van der Waals surface area contributed by atoms with E-state index in [4.69, 9.17) is 15.8 Å². The summed E-state index contributed by atoms with van der Waals surface area (Å²) in [6.07, 6.45) is 0. The Bertz CT molecular complexity index is 1510. The minimum absolute atomic E-state index is 0.326. The molecular weight excluding hydrogens is 328 g/mol. The number of fused-ring (bicyclic) bond motifs is 10. The number of aromatic nitrogens is 3. The van der Waals surface area contributed by atoms with Gasteiger partial charge in [0, 0.05) is 21.5 Å². The van der Waals surface area contributed by atoms with Gasteiger partial charge in [-0.25, -0.2) is 9.97 Å². The molecule has 0 bridgehead atoms. The van der Waals surface area contributed by atoms with E-state index in [1.54, 1.807) is 0 Å². The number of benzene rings is 3. The summed E-state index contributed by atoms with van der Waals surface area (Å²) in [4.78, 5) is 35.0. The lowest BCUT2D eigenvalue weighted by atomic mass is 10.0. The van der Waals surface area contributed by atoms with Gasteiger partial charge in [-0.15, -0.1) is 0 Å². The van der Waals surface area contributed by atoms with Crippen LogP contribution in [0.15, 0.2) is 58.1 Å². The molecule has 6 heteroatoms. The lowest BCUT2D eigenvalue weighted by Gasteiger charge is -1.97. The number of para-hydroxylation sites is 2. The van der Waals surface area contributed by atoms with Crippen LogP contribution < -0.4 is 17.0 Å². The van der Waals surface area contributed by atoms with Crippen LogP contribution in [0.2, 0.25) is 0 Å². The molecule has 0 saturated carbocycles. The summed E-state index contributed by atoms with van der Waals surface area (Å²) in [6, 6.07) is 15.1. The summed E-state index contributed by atoms with van der Waals surface area (Å²) < 4.78 is 0.688. The fourth-order valence-corrected chi connectivity index (χ4v) is 4.03. The van der Waals surface area contributed by atoms with Crippen LogP contribution >= 0.6 is 0 Å². The zero-order valence-electron chi connectivity index (χ0n) is 13.4. The van der Waals surface area contributed by atoms with Crippen molar-refractivity contribution >= 4 is 54.4 Å². The average molecular weight is 338 g/mol. The Morgan fingerprint density at radius 1 is 0.654 bits per heavy atom. The van der Waals surface area contributed by atoms with Crippen LogP contribution in [-0.4, -0.2) is 14.6 Å². The highest BCUT2D eigenvalue weighted by Gasteiger charge is 2.24. The maximum Gasteiger partial charge on any atom is 0.280 e. The van der Waals surface area contributed by atoms with E-state index < -0.39 is 11.1 Å². The van der Waals surface area contributed by atoms with Crippen LogP contribution in [0.4, 0.5) is 0 Å². The van der Waals surface area contributed by atoms with Crippen LogP contribution in [0.1, 0.15) is 0 Å². The van der Waals surface area contributed by atoms with Gasteiger partial charge in [-0.05, 0) is 12.1 Å². The summed E-state index contributed by atoms with van der Waals surface area (Å²) in [5, 5.41) is 3.60. The van der Waals surface area contributed by atoms with Crippen molar-refractivity contribution in [1.82, 2.24) is 14.6 Å². The molecule has 6 nitrogen and oxygen atoms in total. The Morgan fingerprint density at radius 3 is 1.54 bits per heavy atom. The molecule has 2 N–H and O–H groups in total. The molecule has 3 aromatic carbocycles. The minimum atomic E-state index is -0.500. The van der Waals surface area contributed by atoms with E-state index in [0.29, 0.717) is 37.3 Å². The monoisotopic (exact) mass is 338 g/mol. The van der Waals surface area contributed by atoms with Crippen LogP contribution in [0.5, 0.6) is 0 Å². The molecule has 0 spiro atoms. The van der Waals surface area contributed by atoms with Gasteiger partial charge in [0.25, 0.3) is 11.1 Å². The summed E-state index contributed by atoms with van der Waals surface area (Å²) in [6.45, 7) is 0. The van der Waals surface area contributed by atoms with Crippen LogP contribution in [0.25, 0.3) is 54.4 Å². The van der Waals surface area contributed by atoms with Gasteiger partial charge >= 0.3 is 0 Å². The van der Waals surface area contributed by atoms with Crippen molar-refractivity contribution in [2.45, 2.75) is 0 Å². The molecule has 0 atom stereocenters. The van der Waals surface area contributed by atoms with Gasteiger partial charge in [-0.1, -0.05) is 36.4 Å².